The zero-order chi connectivity index (χ0) is 19.1. The van der Waals surface area contributed by atoms with Crippen LogP contribution in [0.4, 0.5) is 5.69 Å². The first-order chi connectivity index (χ1) is 13.6. The van der Waals surface area contributed by atoms with Crippen LogP contribution < -0.4 is 5.32 Å². The van der Waals surface area contributed by atoms with E-state index in [9.17, 15) is 4.79 Å². The van der Waals surface area contributed by atoms with Crippen LogP contribution >= 0.6 is 11.6 Å². The molecular weight excluding hydrogens is 376 g/mol. The number of para-hydroxylation sites is 1. The van der Waals surface area contributed by atoms with Crippen LogP contribution in [0.5, 0.6) is 0 Å². The van der Waals surface area contributed by atoms with Crippen LogP contribution in [0, 0.1) is 0 Å². The summed E-state index contributed by atoms with van der Waals surface area (Å²) in [7, 11) is 0. The van der Waals surface area contributed by atoms with Gasteiger partial charge in [0.2, 0.25) is 5.91 Å². The number of hydrogen-bond donors (Lipinski definition) is 1. The van der Waals surface area contributed by atoms with Crippen molar-refractivity contribution in [2.24, 2.45) is 0 Å². The lowest BCUT2D eigenvalue weighted by Gasteiger charge is -2.15. The summed E-state index contributed by atoms with van der Waals surface area (Å²) in [6.45, 7) is 0.415. The minimum absolute atomic E-state index is 0.0134. The summed E-state index contributed by atoms with van der Waals surface area (Å²) >= 11 is 5.97. The highest BCUT2D eigenvalue weighted by atomic mass is 35.5. The molecule has 140 valence electrons. The van der Waals surface area contributed by atoms with E-state index in [4.69, 9.17) is 11.6 Å². The van der Waals surface area contributed by atoms with Crippen molar-refractivity contribution in [1.82, 2.24) is 24.8 Å². The van der Waals surface area contributed by atoms with Crippen LogP contribution in [-0.2, 0) is 16.9 Å². The topological polar surface area (TPSA) is 77.6 Å². The Morgan fingerprint density at radius 1 is 1.14 bits per heavy atom. The van der Waals surface area contributed by atoms with Gasteiger partial charge in [-0.05, 0) is 42.7 Å². The number of rotatable bonds is 5. The van der Waals surface area contributed by atoms with Gasteiger partial charge in [-0.15, -0.1) is 5.10 Å². The highest BCUT2D eigenvalue weighted by Crippen LogP contribution is 2.49. The standard InChI is InChI=1S/C20H17ClN6O/c21-15-7-5-14(6-8-15)20(9-10-20)19(28)23-16-11-22-26(12-16)13-27-18-4-2-1-3-17(18)24-25-27/h1-8,11-12H,9-10,13H2,(H,23,28). The first-order valence-electron chi connectivity index (χ1n) is 9.02. The summed E-state index contributed by atoms with van der Waals surface area (Å²) in [5.41, 5.74) is 2.96. The molecule has 28 heavy (non-hydrogen) atoms. The molecule has 0 unspecified atom stereocenters. The van der Waals surface area contributed by atoms with Crippen molar-refractivity contribution >= 4 is 34.2 Å². The molecule has 1 saturated carbocycles. The Hall–Kier alpha value is -3.19. The first-order valence-corrected chi connectivity index (χ1v) is 9.40. The molecule has 1 amide bonds. The minimum Gasteiger partial charge on any atom is -0.323 e. The quantitative estimate of drug-likeness (QED) is 0.564. The van der Waals surface area contributed by atoms with Crippen molar-refractivity contribution in [3.63, 3.8) is 0 Å². The molecule has 0 saturated heterocycles. The van der Waals surface area contributed by atoms with E-state index in [-0.39, 0.29) is 5.91 Å². The molecule has 5 rings (SSSR count). The Balaban J connectivity index is 1.31. The van der Waals surface area contributed by atoms with Gasteiger partial charge < -0.3 is 5.32 Å². The van der Waals surface area contributed by atoms with Crippen molar-refractivity contribution in [3.8, 4) is 0 Å². The fraction of sp³-hybridized carbons (Fsp3) is 0.200. The monoisotopic (exact) mass is 392 g/mol. The third-order valence-corrected chi connectivity index (χ3v) is 5.42. The molecule has 0 aliphatic heterocycles. The Labute approximate surface area is 165 Å². The van der Waals surface area contributed by atoms with E-state index in [2.05, 4.69) is 20.7 Å². The molecule has 2 aromatic heterocycles. The Bertz CT molecular complexity index is 1160. The number of nitrogens with one attached hydrogen (secondary N) is 1. The largest absolute Gasteiger partial charge is 0.323 e. The molecule has 0 atom stereocenters. The SMILES string of the molecule is O=C(Nc1cnn(Cn2nnc3ccccc32)c1)C1(c2ccc(Cl)cc2)CC1. The van der Waals surface area contributed by atoms with Gasteiger partial charge in [0.05, 0.1) is 29.0 Å². The summed E-state index contributed by atoms with van der Waals surface area (Å²) in [6.07, 6.45) is 5.11. The van der Waals surface area contributed by atoms with E-state index in [1.54, 1.807) is 21.8 Å². The maximum Gasteiger partial charge on any atom is 0.235 e. The number of carbonyl (C=O) groups excluding carboxylic acids is 1. The third-order valence-electron chi connectivity index (χ3n) is 5.17. The van der Waals surface area contributed by atoms with Gasteiger partial charge in [0.1, 0.15) is 12.2 Å². The van der Waals surface area contributed by atoms with Crippen molar-refractivity contribution in [2.75, 3.05) is 5.32 Å². The summed E-state index contributed by atoms with van der Waals surface area (Å²) in [4.78, 5) is 12.9. The van der Waals surface area contributed by atoms with E-state index in [1.807, 2.05) is 48.5 Å². The summed E-state index contributed by atoms with van der Waals surface area (Å²) in [6, 6.07) is 15.3. The van der Waals surface area contributed by atoms with Crippen LogP contribution in [-0.4, -0.2) is 30.7 Å². The molecule has 1 N–H and O–H groups in total. The van der Waals surface area contributed by atoms with Gasteiger partial charge in [0.25, 0.3) is 0 Å². The molecule has 4 aromatic rings. The van der Waals surface area contributed by atoms with Crippen LogP contribution in [0.25, 0.3) is 11.0 Å². The fourth-order valence-corrected chi connectivity index (χ4v) is 3.58. The van der Waals surface area contributed by atoms with Gasteiger partial charge in [0.15, 0.2) is 0 Å². The van der Waals surface area contributed by atoms with E-state index >= 15 is 0 Å². The maximum absolute atomic E-state index is 12.9. The highest BCUT2D eigenvalue weighted by molar-refractivity contribution is 6.30. The average molecular weight is 393 g/mol. The molecule has 7 nitrogen and oxygen atoms in total. The molecule has 1 fully saturated rings. The number of carbonyl (C=O) groups is 1. The molecule has 8 heteroatoms. The van der Waals surface area contributed by atoms with Gasteiger partial charge >= 0.3 is 0 Å². The Morgan fingerprint density at radius 3 is 2.71 bits per heavy atom. The van der Waals surface area contributed by atoms with Crippen LogP contribution in [0.15, 0.2) is 60.9 Å². The fourth-order valence-electron chi connectivity index (χ4n) is 3.46. The number of amides is 1. The second kappa shape index (κ2) is 6.45. The van der Waals surface area contributed by atoms with Crippen molar-refractivity contribution in [1.29, 1.82) is 0 Å². The average Bonchev–Trinajstić information content (AvgIpc) is 3.26. The third kappa shape index (κ3) is 2.93. The van der Waals surface area contributed by atoms with Gasteiger partial charge in [-0.3, -0.25) is 4.79 Å². The number of fused-ring (bicyclic) bond motifs is 1. The number of hydrogen-bond acceptors (Lipinski definition) is 4. The van der Waals surface area contributed by atoms with Gasteiger partial charge in [0, 0.05) is 5.02 Å². The predicted octanol–water partition coefficient (Wildman–Crippen LogP) is 3.46. The molecule has 2 heterocycles. The molecule has 0 radical (unpaired) electrons. The molecular formula is C20H17ClN6O. The number of aromatic nitrogens is 5. The van der Waals surface area contributed by atoms with E-state index in [0.29, 0.717) is 17.4 Å². The second-order valence-electron chi connectivity index (χ2n) is 7.03. The Morgan fingerprint density at radius 2 is 1.93 bits per heavy atom. The smallest absolute Gasteiger partial charge is 0.235 e. The van der Waals surface area contributed by atoms with Crippen LogP contribution in [0.1, 0.15) is 18.4 Å². The second-order valence-corrected chi connectivity index (χ2v) is 7.47. The first kappa shape index (κ1) is 16.9. The number of anilines is 1. The van der Waals surface area contributed by atoms with Gasteiger partial charge in [-0.1, -0.05) is 41.1 Å². The predicted molar refractivity (Wildman–Crippen MR) is 106 cm³/mol. The molecule has 0 bridgehead atoms. The number of benzene rings is 2. The zero-order valence-corrected chi connectivity index (χ0v) is 15.7. The van der Waals surface area contributed by atoms with Crippen molar-refractivity contribution < 1.29 is 4.79 Å². The lowest BCUT2D eigenvalue weighted by atomic mass is 9.95. The molecule has 1 aliphatic carbocycles. The highest BCUT2D eigenvalue weighted by Gasteiger charge is 2.51. The van der Waals surface area contributed by atoms with Crippen LogP contribution in [0.2, 0.25) is 5.02 Å². The lowest BCUT2D eigenvalue weighted by molar-refractivity contribution is -0.118. The van der Waals surface area contributed by atoms with Gasteiger partial charge in [-0.25, -0.2) is 9.36 Å². The molecule has 1 aliphatic rings. The minimum atomic E-state index is -0.463. The molecule has 2 aromatic carbocycles. The van der Waals surface area contributed by atoms with E-state index in [1.165, 1.54) is 0 Å². The zero-order valence-electron chi connectivity index (χ0n) is 14.9. The summed E-state index contributed by atoms with van der Waals surface area (Å²) in [5.74, 6) is -0.0134. The number of nitrogens with zero attached hydrogens (tertiary/aromatic N) is 5. The summed E-state index contributed by atoms with van der Waals surface area (Å²) in [5, 5.41) is 16.3. The lowest BCUT2D eigenvalue weighted by Crippen LogP contribution is -2.27. The van der Waals surface area contributed by atoms with Crippen molar-refractivity contribution in [2.45, 2.75) is 24.9 Å². The van der Waals surface area contributed by atoms with E-state index in [0.717, 1.165) is 29.4 Å². The number of halogens is 1. The Kier molecular flexibility index (Phi) is 3.91. The molecule has 0 spiro atoms. The van der Waals surface area contributed by atoms with E-state index < -0.39 is 5.41 Å². The van der Waals surface area contributed by atoms with Crippen molar-refractivity contribution in [3.05, 3.63) is 71.5 Å². The van der Waals surface area contributed by atoms with Crippen LogP contribution in [0.3, 0.4) is 0 Å². The van der Waals surface area contributed by atoms with Gasteiger partial charge in [-0.2, -0.15) is 5.10 Å². The normalized spacial score (nSPS) is 14.9. The maximum atomic E-state index is 12.9. The summed E-state index contributed by atoms with van der Waals surface area (Å²) < 4.78 is 3.49.